The number of nitrogens with one attached hydrogen (secondary N) is 2. The number of rotatable bonds is 6. The summed E-state index contributed by atoms with van der Waals surface area (Å²) in [7, 11) is 1.55. The van der Waals surface area contributed by atoms with Crippen LogP contribution in [-0.4, -0.2) is 25.5 Å². The number of amides is 2. The van der Waals surface area contributed by atoms with Gasteiger partial charge in [0.05, 0.1) is 7.11 Å². The molecule has 144 valence electrons. The molecule has 0 aliphatic heterocycles. The average Bonchev–Trinajstić information content (AvgIpc) is 2.60. The van der Waals surface area contributed by atoms with Crippen molar-refractivity contribution in [2.24, 2.45) is 5.41 Å². The van der Waals surface area contributed by atoms with Crippen LogP contribution in [0.5, 0.6) is 11.5 Å². The van der Waals surface area contributed by atoms with Gasteiger partial charge < -0.3 is 20.1 Å². The van der Waals surface area contributed by atoms with Gasteiger partial charge in [-0.1, -0.05) is 32.9 Å². The number of ether oxygens (including phenoxy) is 2. The summed E-state index contributed by atoms with van der Waals surface area (Å²) in [4.78, 5) is 24.3. The van der Waals surface area contributed by atoms with Crippen molar-refractivity contribution < 1.29 is 19.1 Å². The number of aryl methyl sites for hydroxylation is 1. The van der Waals surface area contributed by atoms with Gasteiger partial charge in [0, 0.05) is 16.8 Å². The van der Waals surface area contributed by atoms with Crippen LogP contribution in [0.25, 0.3) is 0 Å². The molecule has 0 radical (unpaired) electrons. The van der Waals surface area contributed by atoms with E-state index in [2.05, 4.69) is 10.6 Å². The second-order valence-corrected chi connectivity index (χ2v) is 7.28. The van der Waals surface area contributed by atoms with Crippen LogP contribution in [0, 0.1) is 12.3 Å². The average molecular weight is 370 g/mol. The Labute approximate surface area is 159 Å². The Morgan fingerprint density at radius 3 is 2.26 bits per heavy atom. The minimum absolute atomic E-state index is 0.0965. The molecule has 2 amide bonds. The van der Waals surface area contributed by atoms with Crippen LogP contribution < -0.4 is 20.1 Å². The molecular weight excluding hydrogens is 344 g/mol. The largest absolute Gasteiger partial charge is 0.493 e. The molecular formula is C21H26N2O4. The molecule has 0 fully saturated rings. The molecule has 2 N–H and O–H groups in total. The summed E-state index contributed by atoms with van der Waals surface area (Å²) in [5, 5.41) is 5.59. The maximum atomic E-state index is 12.2. The highest BCUT2D eigenvalue weighted by Gasteiger charge is 2.21. The third-order valence-electron chi connectivity index (χ3n) is 3.76. The van der Waals surface area contributed by atoms with E-state index in [4.69, 9.17) is 9.47 Å². The van der Waals surface area contributed by atoms with Gasteiger partial charge in [-0.25, -0.2) is 0 Å². The lowest BCUT2D eigenvalue weighted by atomic mass is 9.95. The SMILES string of the molecule is COc1cc(C)ccc1OCC(=O)Nc1cccc(NC(=O)C(C)(C)C)c1. The Kier molecular flexibility index (Phi) is 6.45. The molecule has 0 heterocycles. The van der Waals surface area contributed by atoms with Crippen molar-refractivity contribution in [1.29, 1.82) is 0 Å². The first-order chi connectivity index (χ1) is 12.7. The lowest BCUT2D eigenvalue weighted by Gasteiger charge is -2.18. The normalized spacial score (nSPS) is 10.9. The molecule has 0 unspecified atom stereocenters. The zero-order chi connectivity index (χ0) is 20.0. The summed E-state index contributed by atoms with van der Waals surface area (Å²) in [6, 6.07) is 12.5. The van der Waals surface area contributed by atoms with Crippen molar-refractivity contribution in [1.82, 2.24) is 0 Å². The maximum absolute atomic E-state index is 12.2. The molecule has 2 aromatic carbocycles. The Balaban J connectivity index is 1.96. The van der Waals surface area contributed by atoms with E-state index >= 15 is 0 Å². The molecule has 6 heteroatoms. The van der Waals surface area contributed by atoms with E-state index in [1.807, 2.05) is 39.8 Å². The van der Waals surface area contributed by atoms with Crippen LogP contribution in [0.2, 0.25) is 0 Å². The van der Waals surface area contributed by atoms with Crippen molar-refractivity contribution in [3.63, 3.8) is 0 Å². The van der Waals surface area contributed by atoms with Crippen LogP contribution >= 0.6 is 0 Å². The topological polar surface area (TPSA) is 76.7 Å². The molecule has 2 aromatic rings. The predicted octanol–water partition coefficient (Wildman–Crippen LogP) is 4.01. The van der Waals surface area contributed by atoms with Crippen molar-refractivity contribution in [3.8, 4) is 11.5 Å². The number of hydrogen-bond donors (Lipinski definition) is 2. The number of carbonyl (C=O) groups is 2. The van der Waals surface area contributed by atoms with E-state index in [9.17, 15) is 9.59 Å². The monoisotopic (exact) mass is 370 g/mol. The quantitative estimate of drug-likeness (QED) is 0.806. The lowest BCUT2D eigenvalue weighted by molar-refractivity contribution is -0.123. The summed E-state index contributed by atoms with van der Waals surface area (Å²) in [6.45, 7) is 7.31. The number of carbonyl (C=O) groups excluding carboxylic acids is 2. The molecule has 0 spiro atoms. The molecule has 27 heavy (non-hydrogen) atoms. The fourth-order valence-corrected chi connectivity index (χ4v) is 2.23. The molecule has 0 saturated carbocycles. The number of methoxy groups -OCH3 is 1. The standard InChI is InChI=1S/C21H26N2O4/c1-14-9-10-17(18(11-14)26-5)27-13-19(24)22-15-7-6-8-16(12-15)23-20(25)21(2,3)4/h6-12H,13H2,1-5H3,(H,22,24)(H,23,25). The summed E-state index contributed by atoms with van der Waals surface area (Å²) >= 11 is 0. The molecule has 2 rings (SSSR count). The second kappa shape index (κ2) is 8.58. The third-order valence-corrected chi connectivity index (χ3v) is 3.76. The van der Waals surface area contributed by atoms with Crippen molar-refractivity contribution in [3.05, 3.63) is 48.0 Å². The van der Waals surface area contributed by atoms with E-state index < -0.39 is 5.41 Å². The highest BCUT2D eigenvalue weighted by molar-refractivity contribution is 5.96. The number of benzene rings is 2. The zero-order valence-corrected chi connectivity index (χ0v) is 16.4. The molecule has 0 aromatic heterocycles. The van der Waals surface area contributed by atoms with Gasteiger partial charge in [-0.2, -0.15) is 0 Å². The summed E-state index contributed by atoms with van der Waals surface area (Å²) < 4.78 is 10.8. The van der Waals surface area contributed by atoms with E-state index in [-0.39, 0.29) is 18.4 Å². The lowest BCUT2D eigenvalue weighted by Crippen LogP contribution is -2.27. The van der Waals surface area contributed by atoms with Crippen molar-refractivity contribution in [2.75, 3.05) is 24.4 Å². The van der Waals surface area contributed by atoms with Crippen molar-refractivity contribution >= 4 is 23.2 Å². The van der Waals surface area contributed by atoms with Crippen molar-refractivity contribution in [2.45, 2.75) is 27.7 Å². The van der Waals surface area contributed by atoms with Crippen LogP contribution in [0.1, 0.15) is 26.3 Å². The summed E-state index contributed by atoms with van der Waals surface area (Å²) in [5.41, 5.74) is 1.73. The van der Waals surface area contributed by atoms with Crippen LogP contribution in [-0.2, 0) is 9.59 Å². The zero-order valence-electron chi connectivity index (χ0n) is 16.4. The van der Waals surface area contributed by atoms with Gasteiger partial charge in [0.2, 0.25) is 5.91 Å². The van der Waals surface area contributed by atoms with Gasteiger partial charge >= 0.3 is 0 Å². The van der Waals surface area contributed by atoms with Gasteiger partial charge in [0.25, 0.3) is 5.91 Å². The van der Waals surface area contributed by atoms with Gasteiger partial charge in [0.1, 0.15) is 0 Å². The highest BCUT2D eigenvalue weighted by Crippen LogP contribution is 2.27. The first kappa shape index (κ1) is 20.3. The highest BCUT2D eigenvalue weighted by atomic mass is 16.5. The fraction of sp³-hybridized carbons (Fsp3) is 0.333. The van der Waals surface area contributed by atoms with Crippen LogP contribution in [0.4, 0.5) is 11.4 Å². The van der Waals surface area contributed by atoms with Gasteiger partial charge in [-0.3, -0.25) is 9.59 Å². The second-order valence-electron chi connectivity index (χ2n) is 7.28. The summed E-state index contributed by atoms with van der Waals surface area (Å²) in [6.07, 6.45) is 0. The first-order valence-electron chi connectivity index (χ1n) is 8.68. The molecule has 0 atom stereocenters. The summed E-state index contributed by atoms with van der Waals surface area (Å²) in [5.74, 6) is 0.678. The number of hydrogen-bond acceptors (Lipinski definition) is 4. The molecule has 0 bridgehead atoms. The third kappa shape index (κ3) is 6.02. The van der Waals surface area contributed by atoms with Gasteiger partial charge in [0.15, 0.2) is 18.1 Å². The Morgan fingerprint density at radius 2 is 1.63 bits per heavy atom. The Bertz CT molecular complexity index is 825. The molecule has 6 nitrogen and oxygen atoms in total. The van der Waals surface area contributed by atoms with Crippen LogP contribution in [0.15, 0.2) is 42.5 Å². The molecule has 0 aliphatic carbocycles. The minimum atomic E-state index is -0.500. The fourth-order valence-electron chi connectivity index (χ4n) is 2.23. The van der Waals surface area contributed by atoms with E-state index in [0.29, 0.717) is 22.9 Å². The minimum Gasteiger partial charge on any atom is -0.493 e. The maximum Gasteiger partial charge on any atom is 0.262 e. The van der Waals surface area contributed by atoms with E-state index in [1.165, 1.54) is 0 Å². The van der Waals surface area contributed by atoms with Crippen LogP contribution in [0.3, 0.4) is 0 Å². The number of anilines is 2. The molecule has 0 aliphatic rings. The van der Waals surface area contributed by atoms with E-state index in [0.717, 1.165) is 5.56 Å². The Morgan fingerprint density at radius 1 is 0.963 bits per heavy atom. The predicted molar refractivity (Wildman–Crippen MR) is 106 cm³/mol. The first-order valence-corrected chi connectivity index (χ1v) is 8.68. The Hall–Kier alpha value is -3.02. The van der Waals surface area contributed by atoms with E-state index in [1.54, 1.807) is 37.4 Å². The molecule has 0 saturated heterocycles. The van der Waals surface area contributed by atoms with Gasteiger partial charge in [-0.05, 0) is 42.8 Å². The smallest absolute Gasteiger partial charge is 0.262 e. The van der Waals surface area contributed by atoms with Gasteiger partial charge in [-0.15, -0.1) is 0 Å².